The predicted molar refractivity (Wildman–Crippen MR) is 71.4 cm³/mol. The van der Waals surface area contributed by atoms with Gasteiger partial charge in [0.2, 0.25) is 5.91 Å². The SMILES string of the molecule is CC(C)(C)[Si](C)(C)N1C(=O)C(N=[N+]=[N-])C1CC=O. The Hall–Kier alpha value is -1.33. The van der Waals surface area contributed by atoms with Crippen molar-refractivity contribution in [3.63, 3.8) is 0 Å². The lowest BCUT2D eigenvalue weighted by atomic mass is 9.97. The van der Waals surface area contributed by atoms with Crippen LogP contribution >= 0.6 is 0 Å². The molecule has 18 heavy (non-hydrogen) atoms. The third-order valence-electron chi connectivity index (χ3n) is 4.14. The normalized spacial score (nSPS) is 24.3. The number of hydrogen-bond acceptors (Lipinski definition) is 3. The molecule has 1 aliphatic heterocycles. The Morgan fingerprint density at radius 2 is 2.06 bits per heavy atom. The molecule has 0 aromatic rings. The van der Waals surface area contributed by atoms with Gasteiger partial charge < -0.3 is 9.36 Å². The number of rotatable bonds is 4. The molecule has 1 rings (SSSR count). The molecule has 1 aliphatic rings. The first kappa shape index (κ1) is 14.7. The van der Waals surface area contributed by atoms with Crippen LogP contribution in [0.15, 0.2) is 5.11 Å². The summed E-state index contributed by atoms with van der Waals surface area (Å²) in [6, 6.07) is -0.957. The fourth-order valence-electron chi connectivity index (χ4n) is 2.10. The molecule has 2 atom stereocenters. The molecule has 0 N–H and O–H groups in total. The van der Waals surface area contributed by atoms with Crippen LogP contribution < -0.4 is 0 Å². The van der Waals surface area contributed by atoms with Gasteiger partial charge in [0.15, 0.2) is 8.24 Å². The molecule has 1 heterocycles. The van der Waals surface area contributed by atoms with Crippen LogP contribution in [0.5, 0.6) is 0 Å². The van der Waals surface area contributed by atoms with Crippen LogP contribution in [-0.4, -0.2) is 37.1 Å². The van der Waals surface area contributed by atoms with Gasteiger partial charge in [-0.05, 0) is 10.6 Å². The van der Waals surface area contributed by atoms with Gasteiger partial charge >= 0.3 is 0 Å². The van der Waals surface area contributed by atoms with Crippen molar-refractivity contribution >= 4 is 20.4 Å². The summed E-state index contributed by atoms with van der Waals surface area (Å²) in [4.78, 5) is 25.5. The summed E-state index contributed by atoms with van der Waals surface area (Å²) in [5.74, 6) is -0.133. The lowest BCUT2D eigenvalue weighted by molar-refractivity contribution is -0.142. The van der Waals surface area contributed by atoms with Gasteiger partial charge in [-0.3, -0.25) is 4.79 Å². The van der Waals surface area contributed by atoms with Gasteiger partial charge in [0, 0.05) is 17.4 Å². The van der Waals surface area contributed by atoms with Crippen LogP contribution in [0.4, 0.5) is 0 Å². The second-order valence-corrected chi connectivity index (χ2v) is 11.2. The molecular formula is C11H20N4O2Si. The summed E-state index contributed by atoms with van der Waals surface area (Å²) in [5, 5.41) is 3.51. The van der Waals surface area contributed by atoms with Gasteiger partial charge in [-0.25, -0.2) is 0 Å². The number of carbonyl (C=O) groups excluding carboxylic acids is 2. The largest absolute Gasteiger partial charge is 0.365 e. The van der Waals surface area contributed by atoms with E-state index < -0.39 is 14.3 Å². The van der Waals surface area contributed by atoms with Crippen molar-refractivity contribution in [3.05, 3.63) is 10.4 Å². The van der Waals surface area contributed by atoms with Crippen molar-refractivity contribution < 1.29 is 9.59 Å². The lowest BCUT2D eigenvalue weighted by Gasteiger charge is -2.57. The molecule has 0 aliphatic carbocycles. The third-order valence-corrected chi connectivity index (χ3v) is 9.57. The molecule has 1 amide bonds. The van der Waals surface area contributed by atoms with Crippen LogP contribution in [0.25, 0.3) is 10.4 Å². The molecular weight excluding hydrogens is 248 g/mol. The molecule has 0 aromatic heterocycles. The van der Waals surface area contributed by atoms with E-state index in [0.717, 1.165) is 6.29 Å². The first-order chi connectivity index (χ1) is 8.18. The molecule has 0 saturated carbocycles. The van der Waals surface area contributed by atoms with Crippen molar-refractivity contribution in [2.75, 3.05) is 0 Å². The van der Waals surface area contributed by atoms with Crippen LogP contribution in [-0.2, 0) is 9.59 Å². The van der Waals surface area contributed by atoms with Crippen LogP contribution in [0.1, 0.15) is 27.2 Å². The summed E-state index contributed by atoms with van der Waals surface area (Å²) in [7, 11) is -2.01. The number of carbonyl (C=O) groups is 2. The van der Waals surface area contributed by atoms with E-state index >= 15 is 0 Å². The molecule has 0 spiro atoms. The zero-order valence-electron chi connectivity index (χ0n) is 11.5. The van der Waals surface area contributed by atoms with Crippen molar-refractivity contribution in [1.82, 2.24) is 4.57 Å². The maximum atomic E-state index is 12.1. The van der Waals surface area contributed by atoms with E-state index in [1.165, 1.54) is 0 Å². The van der Waals surface area contributed by atoms with E-state index in [0.29, 0.717) is 0 Å². The summed E-state index contributed by atoms with van der Waals surface area (Å²) >= 11 is 0. The molecule has 100 valence electrons. The highest BCUT2D eigenvalue weighted by Gasteiger charge is 2.56. The fourth-order valence-corrected chi connectivity index (χ4v) is 4.58. The Morgan fingerprint density at radius 3 is 2.44 bits per heavy atom. The monoisotopic (exact) mass is 268 g/mol. The predicted octanol–water partition coefficient (Wildman–Crippen LogP) is 2.47. The van der Waals surface area contributed by atoms with E-state index in [1.807, 2.05) is 4.57 Å². The maximum Gasteiger partial charge on any atom is 0.226 e. The smallest absolute Gasteiger partial charge is 0.226 e. The zero-order chi connectivity index (χ0) is 14.1. The summed E-state index contributed by atoms with van der Waals surface area (Å²) in [6.07, 6.45) is 1.03. The Bertz CT molecular complexity index is 410. The Kier molecular flexibility index (Phi) is 3.88. The Labute approximate surface area is 108 Å². The van der Waals surface area contributed by atoms with E-state index in [-0.39, 0.29) is 23.4 Å². The summed E-state index contributed by atoms with van der Waals surface area (Å²) in [6.45, 7) is 10.5. The minimum absolute atomic E-state index is 0.00508. The van der Waals surface area contributed by atoms with Crippen LogP contribution in [0.3, 0.4) is 0 Å². The minimum Gasteiger partial charge on any atom is -0.365 e. The second-order valence-electron chi connectivity index (χ2n) is 6.14. The highest BCUT2D eigenvalue weighted by atomic mass is 28.3. The molecule has 7 heteroatoms. The van der Waals surface area contributed by atoms with Gasteiger partial charge in [-0.15, -0.1) is 0 Å². The van der Waals surface area contributed by atoms with E-state index in [2.05, 4.69) is 43.9 Å². The summed E-state index contributed by atoms with van der Waals surface area (Å²) in [5.41, 5.74) is 8.46. The van der Waals surface area contributed by atoms with Crippen molar-refractivity contribution in [1.29, 1.82) is 0 Å². The van der Waals surface area contributed by atoms with Gasteiger partial charge in [0.05, 0.1) is 0 Å². The average Bonchev–Trinajstić information content (AvgIpc) is 2.23. The number of azide groups is 1. The van der Waals surface area contributed by atoms with Gasteiger partial charge in [-0.1, -0.05) is 39.0 Å². The maximum absolute atomic E-state index is 12.1. The number of hydrogen-bond donors (Lipinski definition) is 0. The van der Waals surface area contributed by atoms with Crippen molar-refractivity contribution in [3.8, 4) is 0 Å². The third kappa shape index (κ3) is 2.15. The zero-order valence-corrected chi connectivity index (χ0v) is 12.5. The number of amides is 1. The van der Waals surface area contributed by atoms with Crippen molar-refractivity contribution in [2.45, 2.75) is 57.4 Å². The number of β-lactam (4-membered cyclic amide) rings is 1. The first-order valence-corrected chi connectivity index (χ1v) is 8.94. The Morgan fingerprint density at radius 1 is 1.50 bits per heavy atom. The average molecular weight is 268 g/mol. The van der Waals surface area contributed by atoms with Crippen molar-refractivity contribution in [2.24, 2.45) is 5.11 Å². The highest BCUT2D eigenvalue weighted by Crippen LogP contribution is 2.44. The van der Waals surface area contributed by atoms with Gasteiger partial charge in [-0.2, -0.15) is 0 Å². The standard InChI is InChI=1S/C11H20N4O2Si/c1-11(2,3)18(4,5)15-8(6-7-16)9(10(15)17)13-14-12/h7-9H,6H2,1-5H3. The van der Waals surface area contributed by atoms with E-state index in [1.54, 1.807) is 0 Å². The highest BCUT2D eigenvalue weighted by molar-refractivity contribution is 6.80. The molecule has 0 radical (unpaired) electrons. The molecule has 1 fully saturated rings. The van der Waals surface area contributed by atoms with E-state index in [4.69, 9.17) is 5.53 Å². The fraction of sp³-hybridized carbons (Fsp3) is 0.818. The van der Waals surface area contributed by atoms with Gasteiger partial charge in [0.25, 0.3) is 0 Å². The molecule has 0 aromatic carbocycles. The quantitative estimate of drug-likeness (QED) is 0.196. The molecule has 6 nitrogen and oxygen atoms in total. The van der Waals surface area contributed by atoms with Gasteiger partial charge in [0.1, 0.15) is 12.3 Å². The van der Waals surface area contributed by atoms with Crippen LogP contribution in [0.2, 0.25) is 18.1 Å². The first-order valence-electron chi connectivity index (χ1n) is 5.99. The number of nitrogens with zero attached hydrogens (tertiary/aromatic N) is 4. The topological polar surface area (TPSA) is 86.1 Å². The van der Waals surface area contributed by atoms with Crippen LogP contribution in [0, 0.1) is 0 Å². The minimum atomic E-state index is -2.01. The molecule has 0 bridgehead atoms. The van der Waals surface area contributed by atoms with E-state index in [9.17, 15) is 9.59 Å². The number of aldehydes is 1. The molecule has 2 unspecified atom stereocenters. The summed E-state index contributed by atoms with van der Waals surface area (Å²) < 4.78 is 1.82. The molecule has 1 saturated heterocycles. The second kappa shape index (κ2) is 4.74. The Balaban J connectivity index is 3.06. The lowest BCUT2D eigenvalue weighted by Crippen LogP contribution is -2.74.